The fraction of sp³-hybridized carbons (Fsp3) is 0.0566. The molecule has 0 spiro atoms. The third kappa shape index (κ3) is 5.20. The quantitative estimate of drug-likeness (QED) is 0.178. The Kier molecular flexibility index (Phi) is 7.20. The molecule has 0 atom stereocenters. The molecule has 0 saturated carbocycles. The molecule has 0 bridgehead atoms. The van der Waals surface area contributed by atoms with Gasteiger partial charge in [0.25, 0.3) is 0 Å². The summed E-state index contributed by atoms with van der Waals surface area (Å²) in [5.41, 5.74) is 16.3. The van der Waals surface area contributed by atoms with Gasteiger partial charge in [-0.3, -0.25) is 0 Å². The second-order valence-corrected chi connectivity index (χ2v) is 15.4. The first-order valence-electron chi connectivity index (χ1n) is 19.2. The first-order chi connectivity index (χ1) is 27.5. The normalized spacial score (nSPS) is 13.0. The molecule has 11 rings (SSSR count). The number of hydrogen-bond donors (Lipinski definition) is 0. The van der Waals surface area contributed by atoms with E-state index in [1.807, 2.05) is 18.2 Å². The highest BCUT2D eigenvalue weighted by molar-refractivity contribution is 6.06. The lowest BCUT2D eigenvalue weighted by atomic mass is 9.82. The van der Waals surface area contributed by atoms with Crippen LogP contribution in [-0.4, -0.2) is 9.97 Å². The Balaban J connectivity index is 1.14. The van der Waals surface area contributed by atoms with E-state index in [9.17, 15) is 0 Å². The molecule has 2 heterocycles. The summed E-state index contributed by atoms with van der Waals surface area (Å²) in [5, 5.41) is 4.64. The summed E-state index contributed by atoms with van der Waals surface area (Å²) in [4.78, 5) is 10.6. The van der Waals surface area contributed by atoms with Gasteiger partial charge in [0.05, 0.1) is 11.4 Å². The number of hydrogen-bond acceptors (Lipinski definition) is 3. The fourth-order valence-electron chi connectivity index (χ4n) is 8.82. The number of aromatic nitrogens is 2. The lowest BCUT2D eigenvalue weighted by molar-refractivity contribution is 0.660. The van der Waals surface area contributed by atoms with E-state index in [2.05, 4.69) is 178 Å². The van der Waals surface area contributed by atoms with Crippen molar-refractivity contribution in [2.75, 3.05) is 0 Å². The molecule has 0 saturated heterocycles. The summed E-state index contributed by atoms with van der Waals surface area (Å²) in [7, 11) is 0. The van der Waals surface area contributed by atoms with Crippen molar-refractivity contribution in [3.63, 3.8) is 0 Å². The van der Waals surface area contributed by atoms with Crippen LogP contribution in [0, 0.1) is 0 Å². The van der Waals surface area contributed by atoms with Crippen molar-refractivity contribution in [2.45, 2.75) is 19.3 Å². The van der Waals surface area contributed by atoms with Gasteiger partial charge in [0.15, 0.2) is 5.82 Å². The highest BCUT2D eigenvalue weighted by Crippen LogP contribution is 2.49. The van der Waals surface area contributed by atoms with Gasteiger partial charge in [-0.15, -0.1) is 0 Å². The largest absolute Gasteiger partial charge is 0.456 e. The van der Waals surface area contributed by atoms with Crippen molar-refractivity contribution in [1.29, 1.82) is 0 Å². The van der Waals surface area contributed by atoms with Gasteiger partial charge in [0, 0.05) is 32.9 Å². The molecular formula is C53H36N2O. The van der Waals surface area contributed by atoms with E-state index in [0.29, 0.717) is 5.82 Å². The van der Waals surface area contributed by atoms with Gasteiger partial charge < -0.3 is 4.42 Å². The predicted octanol–water partition coefficient (Wildman–Crippen LogP) is 14.2. The molecule has 10 aromatic rings. The number of rotatable bonds is 5. The minimum absolute atomic E-state index is 0.0688. The molecule has 264 valence electrons. The average Bonchev–Trinajstić information content (AvgIpc) is 3.74. The maximum absolute atomic E-state index is 6.23. The Morgan fingerprint density at radius 2 is 1.02 bits per heavy atom. The first-order valence-corrected chi connectivity index (χ1v) is 19.2. The number of nitrogens with zero attached hydrogens (tertiary/aromatic N) is 2. The summed E-state index contributed by atoms with van der Waals surface area (Å²) >= 11 is 0. The Bertz CT molecular complexity index is 3170. The Labute approximate surface area is 325 Å². The molecule has 2 aromatic heterocycles. The maximum Gasteiger partial charge on any atom is 0.160 e. The standard InChI is InChI=1S/C53H36N2O/c1-53(2)46-21-10-8-18-42(46)44-31-36(23-25-47(44)53)48-32-49(55-52(54-48)34-14-4-3-5-15-34)39-28-37(27-38(29-39)41-20-12-16-33-13-6-7-17-40(33)41)35-24-26-51-45(30-35)43-19-9-11-22-50(43)56-51/h3-32H,1-2H3. The Hall–Kier alpha value is -7.10. The molecule has 0 N–H and O–H groups in total. The summed E-state index contributed by atoms with van der Waals surface area (Å²) in [6.07, 6.45) is 0. The zero-order valence-electron chi connectivity index (χ0n) is 31.1. The fourth-order valence-corrected chi connectivity index (χ4v) is 8.82. The maximum atomic E-state index is 6.23. The topological polar surface area (TPSA) is 38.9 Å². The molecule has 1 aliphatic rings. The van der Waals surface area contributed by atoms with Crippen molar-refractivity contribution < 1.29 is 4.42 Å². The number of benzene rings is 8. The summed E-state index contributed by atoms with van der Waals surface area (Å²) in [5.74, 6) is 0.697. The van der Waals surface area contributed by atoms with Gasteiger partial charge in [0.1, 0.15) is 11.2 Å². The molecule has 0 radical (unpaired) electrons. The summed E-state index contributed by atoms with van der Waals surface area (Å²) in [6, 6.07) is 65.0. The van der Waals surface area contributed by atoms with E-state index in [4.69, 9.17) is 14.4 Å². The van der Waals surface area contributed by atoms with Crippen LogP contribution in [-0.2, 0) is 5.41 Å². The van der Waals surface area contributed by atoms with Crippen molar-refractivity contribution in [3.05, 3.63) is 193 Å². The SMILES string of the molecule is CC1(C)c2ccccc2-c2cc(-c3cc(-c4cc(-c5ccc6oc7ccccc7c6c5)cc(-c5cccc6ccccc56)c4)nc(-c4ccccc4)n3)ccc21. The lowest BCUT2D eigenvalue weighted by Gasteiger charge is -2.21. The van der Waals surface area contributed by atoms with E-state index in [-0.39, 0.29) is 5.41 Å². The molecule has 56 heavy (non-hydrogen) atoms. The van der Waals surface area contributed by atoms with E-state index >= 15 is 0 Å². The Morgan fingerprint density at radius 3 is 1.91 bits per heavy atom. The average molecular weight is 717 g/mol. The van der Waals surface area contributed by atoms with E-state index in [1.54, 1.807) is 0 Å². The minimum atomic E-state index is -0.0688. The van der Waals surface area contributed by atoms with E-state index in [1.165, 1.54) is 38.6 Å². The van der Waals surface area contributed by atoms with Crippen molar-refractivity contribution in [2.24, 2.45) is 0 Å². The van der Waals surface area contributed by atoms with Gasteiger partial charge in [-0.05, 0) is 104 Å². The molecule has 0 aliphatic heterocycles. The van der Waals surface area contributed by atoms with Gasteiger partial charge in [-0.2, -0.15) is 0 Å². The van der Waals surface area contributed by atoms with Crippen molar-refractivity contribution >= 4 is 32.7 Å². The van der Waals surface area contributed by atoms with Crippen LogP contribution < -0.4 is 0 Å². The number of para-hydroxylation sites is 1. The highest BCUT2D eigenvalue weighted by atomic mass is 16.3. The first kappa shape index (κ1) is 32.3. The molecule has 0 fully saturated rings. The van der Waals surface area contributed by atoms with Crippen LogP contribution in [0.2, 0.25) is 0 Å². The smallest absolute Gasteiger partial charge is 0.160 e. The van der Waals surface area contributed by atoms with E-state index in [0.717, 1.165) is 66.7 Å². The number of fused-ring (bicyclic) bond motifs is 7. The third-order valence-corrected chi connectivity index (χ3v) is 11.7. The lowest BCUT2D eigenvalue weighted by Crippen LogP contribution is -2.14. The van der Waals surface area contributed by atoms with Crippen molar-refractivity contribution in [3.8, 4) is 67.3 Å². The summed E-state index contributed by atoms with van der Waals surface area (Å²) < 4.78 is 6.23. The zero-order chi connectivity index (χ0) is 37.4. The zero-order valence-corrected chi connectivity index (χ0v) is 31.1. The molecule has 0 amide bonds. The number of furan rings is 1. The van der Waals surface area contributed by atoms with Crippen LogP contribution >= 0.6 is 0 Å². The minimum Gasteiger partial charge on any atom is -0.456 e. The molecule has 8 aromatic carbocycles. The molecule has 0 unspecified atom stereocenters. The van der Waals surface area contributed by atoms with Crippen LogP contribution in [0.25, 0.3) is 100.0 Å². The summed E-state index contributed by atoms with van der Waals surface area (Å²) in [6.45, 7) is 4.64. The van der Waals surface area contributed by atoms with Crippen molar-refractivity contribution in [1.82, 2.24) is 9.97 Å². The molecule has 1 aliphatic carbocycles. The monoisotopic (exact) mass is 716 g/mol. The van der Waals surface area contributed by atoms with Gasteiger partial charge in [-0.25, -0.2) is 9.97 Å². The van der Waals surface area contributed by atoms with Crippen LogP contribution in [0.1, 0.15) is 25.0 Å². The van der Waals surface area contributed by atoms with Gasteiger partial charge in [-0.1, -0.05) is 147 Å². The van der Waals surface area contributed by atoms with Gasteiger partial charge >= 0.3 is 0 Å². The van der Waals surface area contributed by atoms with Crippen LogP contribution in [0.4, 0.5) is 0 Å². The predicted molar refractivity (Wildman–Crippen MR) is 232 cm³/mol. The molecule has 3 nitrogen and oxygen atoms in total. The third-order valence-electron chi connectivity index (χ3n) is 11.7. The molecular weight excluding hydrogens is 681 g/mol. The van der Waals surface area contributed by atoms with Gasteiger partial charge in [0.2, 0.25) is 0 Å². The van der Waals surface area contributed by atoms with Crippen LogP contribution in [0.3, 0.4) is 0 Å². The Morgan fingerprint density at radius 1 is 0.375 bits per heavy atom. The second-order valence-electron chi connectivity index (χ2n) is 15.4. The molecule has 3 heteroatoms. The van der Waals surface area contributed by atoms with Crippen LogP contribution in [0.5, 0.6) is 0 Å². The van der Waals surface area contributed by atoms with E-state index < -0.39 is 0 Å². The second kappa shape index (κ2) is 12.5. The van der Waals surface area contributed by atoms with Crippen LogP contribution in [0.15, 0.2) is 186 Å². The highest BCUT2D eigenvalue weighted by Gasteiger charge is 2.35.